The number of furan rings is 2. The summed E-state index contributed by atoms with van der Waals surface area (Å²) in [6, 6.07) is 163. The summed E-state index contributed by atoms with van der Waals surface area (Å²) in [6.07, 6.45) is 0. The van der Waals surface area contributed by atoms with Crippen molar-refractivity contribution >= 4 is 205 Å². The molecule has 22 aromatic carbocycles. The molecule has 132 heavy (non-hydrogen) atoms. The van der Waals surface area contributed by atoms with Crippen LogP contribution in [0.5, 0.6) is 0 Å². The van der Waals surface area contributed by atoms with Crippen LogP contribution < -0.4 is 0 Å². The van der Waals surface area contributed by atoms with Crippen LogP contribution in [-0.2, 0) is 0 Å². The highest BCUT2D eigenvalue weighted by atomic mass is 32.1. The van der Waals surface area contributed by atoms with E-state index >= 15 is 0 Å². The molecule has 0 saturated heterocycles. The monoisotopic (exact) mass is 1700 g/mol. The smallest absolute Gasteiger partial charge is 0.235 e. The normalized spacial score (nSPS) is 11.9. The molecule has 0 fully saturated rings. The highest BCUT2D eigenvalue weighted by molar-refractivity contribution is 7.25. The molecule has 0 aliphatic rings. The van der Waals surface area contributed by atoms with E-state index in [1.165, 1.54) is 168 Å². The van der Waals surface area contributed by atoms with Crippen molar-refractivity contribution in [3.63, 3.8) is 0 Å². The lowest BCUT2D eigenvalue weighted by Gasteiger charge is -2.13. The van der Waals surface area contributed by atoms with Crippen molar-refractivity contribution in [2.24, 2.45) is 0 Å². The summed E-state index contributed by atoms with van der Waals surface area (Å²) in [7, 11) is 0. The van der Waals surface area contributed by atoms with Crippen LogP contribution in [0.3, 0.4) is 0 Å². The first-order valence-corrected chi connectivity index (χ1v) is 45.8. The minimum Gasteiger partial charge on any atom is -0.456 e. The van der Waals surface area contributed by atoms with E-state index < -0.39 is 0 Å². The van der Waals surface area contributed by atoms with Crippen molar-refractivity contribution in [2.45, 2.75) is 0 Å². The van der Waals surface area contributed by atoms with Gasteiger partial charge in [-0.15, -0.1) is 11.3 Å². The highest BCUT2D eigenvalue weighted by Crippen LogP contribution is 2.49. The number of para-hydroxylation sites is 7. The Morgan fingerprint density at radius 3 is 1.00 bits per heavy atom. The first-order chi connectivity index (χ1) is 65.4. The minimum atomic E-state index is 0.641. The second kappa shape index (κ2) is 30.2. The van der Waals surface area contributed by atoms with Crippen molar-refractivity contribution in [3.05, 3.63) is 455 Å². The van der Waals surface area contributed by atoms with Crippen LogP contribution in [0.4, 0.5) is 0 Å². The maximum atomic E-state index is 6.41. The highest BCUT2D eigenvalue weighted by Gasteiger charge is 2.24. The molecule has 0 radical (unpaired) electrons. The van der Waals surface area contributed by atoms with Crippen molar-refractivity contribution in [1.82, 2.24) is 23.7 Å². The van der Waals surface area contributed by atoms with Gasteiger partial charge in [0.2, 0.25) is 5.95 Å². The molecule has 8 heteroatoms. The summed E-state index contributed by atoms with van der Waals surface area (Å²) in [4.78, 5) is 10.4. The van der Waals surface area contributed by atoms with Gasteiger partial charge in [-0.2, -0.15) is 0 Å². The predicted molar refractivity (Wildman–Crippen MR) is 558 cm³/mol. The molecule has 7 nitrogen and oxygen atoms in total. The van der Waals surface area contributed by atoms with Gasteiger partial charge in [0.15, 0.2) is 0 Å². The molecule has 7 heterocycles. The third-order valence-electron chi connectivity index (χ3n) is 27.1. The summed E-state index contributed by atoms with van der Waals surface area (Å²) >= 11 is 1.89. The van der Waals surface area contributed by atoms with E-state index in [-0.39, 0.29) is 0 Å². The molecule has 0 unspecified atom stereocenters. The Morgan fingerprint density at radius 2 is 0.523 bits per heavy atom. The van der Waals surface area contributed by atoms with Gasteiger partial charge in [0.25, 0.3) is 0 Å². The van der Waals surface area contributed by atoms with E-state index in [2.05, 4.69) is 438 Å². The fourth-order valence-electron chi connectivity index (χ4n) is 21.1. The van der Waals surface area contributed by atoms with Gasteiger partial charge in [-0.3, -0.25) is 4.57 Å². The summed E-state index contributed by atoms with van der Waals surface area (Å²) in [6.45, 7) is 0. The lowest BCUT2D eigenvalue weighted by molar-refractivity contribution is 0.669. The SMILES string of the molecule is c1ccc(-c2cc(-c3ccccc3)nc(-n3c4ccccc4c4cc(-c5cc6ccccc6c6cc7c(cc56)oc5ccccc57)ccc43)n2)cc1.c1ccc(-n2c3ccccc3c3ccc(-c4cc5ccccc5c5cc6c(cc45)oc4ccccc46)cc32)cc1.c1ccc(-n2c3ccccc3c3ccc(-c4cc5ccccc5c5cc6c(cc45)sc4ccccc46)cc32)cc1. The number of rotatable bonds is 8. The maximum absolute atomic E-state index is 6.41. The van der Waals surface area contributed by atoms with Crippen molar-refractivity contribution in [2.75, 3.05) is 0 Å². The molecule has 0 amide bonds. The van der Waals surface area contributed by atoms with Crippen molar-refractivity contribution in [1.29, 1.82) is 0 Å². The second-order valence-electron chi connectivity index (χ2n) is 34.5. The van der Waals surface area contributed by atoms with Gasteiger partial charge in [-0.05, 0) is 244 Å². The summed E-state index contributed by atoms with van der Waals surface area (Å²) < 4.78 is 22.4. The number of nitrogens with zero attached hydrogens (tertiary/aromatic N) is 5. The lowest BCUT2D eigenvalue weighted by atomic mass is 9.91. The molecular weight excluding hydrogens is 1620 g/mol. The van der Waals surface area contributed by atoms with Gasteiger partial charge < -0.3 is 18.0 Å². The first kappa shape index (κ1) is 74.9. The zero-order valence-electron chi connectivity index (χ0n) is 71.3. The largest absolute Gasteiger partial charge is 0.456 e. The van der Waals surface area contributed by atoms with E-state index in [9.17, 15) is 0 Å². The van der Waals surface area contributed by atoms with Crippen molar-refractivity contribution < 1.29 is 8.83 Å². The lowest BCUT2D eigenvalue weighted by Crippen LogP contribution is -2.04. The average molecular weight is 1700 g/mol. The van der Waals surface area contributed by atoms with Crippen LogP contribution in [0.25, 0.3) is 267 Å². The van der Waals surface area contributed by atoms with E-state index in [4.69, 9.17) is 18.8 Å². The van der Waals surface area contributed by atoms with Gasteiger partial charge in [0.1, 0.15) is 22.3 Å². The molecule has 0 aliphatic carbocycles. The standard InChI is InChI=1S/C48H29N3O.C38H23NO.C38H23NS/c1-3-13-30(14-4-1)42-29-43(31-15-5-2-6-16-31)50-48(49-42)51-44-21-11-9-19-35(44)40-26-33(23-24-45(40)51)37-25-32-17-7-8-18-34(32)38-27-41-36-20-10-12-22-46(36)52-47(41)28-39(37)38;2*1-2-11-26(12-3-1)39-35-16-8-6-14-28(35)29-19-18-25(21-36(29)39)31-20-24-10-4-5-13-27(24)32-22-34-30-15-7-9-17-37(30)40-38(34)23-33(31)32/h1-29H;2*1-23H. The molecule has 0 saturated carbocycles. The van der Waals surface area contributed by atoms with Gasteiger partial charge in [-0.25, -0.2) is 9.97 Å². The Bertz CT molecular complexity index is 9400. The van der Waals surface area contributed by atoms with Crippen LogP contribution in [0.15, 0.2) is 464 Å². The predicted octanol–water partition coefficient (Wildman–Crippen LogP) is 34.6. The Balaban J connectivity index is 0.000000103. The van der Waals surface area contributed by atoms with Crippen LogP contribution in [0.1, 0.15) is 0 Å². The molecule has 7 aromatic heterocycles. The molecule has 29 aromatic rings. The van der Waals surface area contributed by atoms with Gasteiger partial charge in [0, 0.05) is 96.5 Å². The Kier molecular flexibility index (Phi) is 17.1. The van der Waals surface area contributed by atoms with Crippen molar-refractivity contribution in [3.8, 4) is 73.2 Å². The number of fused-ring (bicyclic) bond motifs is 27. The molecule has 0 spiro atoms. The Hall–Kier alpha value is -17.3. The van der Waals surface area contributed by atoms with Crippen LogP contribution in [-0.4, -0.2) is 23.7 Å². The fraction of sp³-hybridized carbons (Fsp3) is 0. The van der Waals surface area contributed by atoms with E-state index in [1.54, 1.807) is 0 Å². The molecule has 29 rings (SSSR count). The average Bonchev–Trinajstić information content (AvgIpc) is 1.49. The molecule has 0 aliphatic heterocycles. The second-order valence-corrected chi connectivity index (χ2v) is 35.6. The third kappa shape index (κ3) is 12.1. The van der Waals surface area contributed by atoms with Crippen LogP contribution in [0, 0.1) is 0 Å². The Morgan fingerprint density at radius 1 is 0.174 bits per heavy atom. The van der Waals surface area contributed by atoms with E-state index in [0.29, 0.717) is 5.95 Å². The number of hydrogen-bond donors (Lipinski definition) is 0. The van der Waals surface area contributed by atoms with Crippen LogP contribution in [0.2, 0.25) is 0 Å². The summed E-state index contributed by atoms with van der Waals surface area (Å²) in [5.41, 5.74) is 24.1. The quantitative estimate of drug-likeness (QED) is 0.142. The van der Waals surface area contributed by atoms with Gasteiger partial charge in [-0.1, -0.05) is 309 Å². The number of thiophene rings is 1. The third-order valence-corrected chi connectivity index (χ3v) is 28.2. The molecule has 614 valence electrons. The van der Waals surface area contributed by atoms with Crippen LogP contribution >= 0.6 is 11.3 Å². The number of benzene rings is 22. The van der Waals surface area contributed by atoms with Gasteiger partial charge >= 0.3 is 0 Å². The number of aromatic nitrogens is 5. The first-order valence-electron chi connectivity index (χ1n) is 45.0. The van der Waals surface area contributed by atoms with E-state index in [0.717, 1.165) is 93.8 Å². The zero-order chi connectivity index (χ0) is 86.6. The summed E-state index contributed by atoms with van der Waals surface area (Å²) in [5, 5.41) is 29.6. The molecule has 0 bridgehead atoms. The van der Waals surface area contributed by atoms with Gasteiger partial charge in [0.05, 0.1) is 44.5 Å². The maximum Gasteiger partial charge on any atom is 0.235 e. The van der Waals surface area contributed by atoms with E-state index in [1.807, 2.05) is 41.7 Å². The topological polar surface area (TPSA) is 66.8 Å². The number of hydrogen-bond acceptors (Lipinski definition) is 5. The summed E-state index contributed by atoms with van der Waals surface area (Å²) in [5.74, 6) is 0.641. The molecule has 0 N–H and O–H groups in total. The Labute approximate surface area is 760 Å². The zero-order valence-corrected chi connectivity index (χ0v) is 72.1. The molecule has 0 atom stereocenters. The minimum absolute atomic E-state index is 0.641. The fourth-order valence-corrected chi connectivity index (χ4v) is 22.2. The molecular formula is C124H75N5O2S.